The molecule has 20 heavy (non-hydrogen) atoms. The molecule has 0 aliphatic rings. The predicted molar refractivity (Wildman–Crippen MR) is 92.7 cm³/mol. The maximum atomic E-state index is 3.80. The molecule has 0 aromatic carbocycles. The average molecular weight is 296 g/mol. The lowest BCUT2D eigenvalue weighted by Gasteiger charge is -2.24. The highest BCUT2D eigenvalue weighted by molar-refractivity contribution is 7.10. The third-order valence-electron chi connectivity index (χ3n) is 4.23. The first-order valence-electron chi connectivity index (χ1n) is 8.56. The number of hydrogen-bond acceptors (Lipinski definition) is 2. The van der Waals surface area contributed by atoms with E-state index >= 15 is 0 Å². The molecule has 1 rings (SSSR count). The molecule has 0 saturated carbocycles. The number of rotatable bonds is 11. The maximum Gasteiger partial charge on any atom is 0.0420 e. The summed E-state index contributed by atoms with van der Waals surface area (Å²) in [5.74, 6) is 0.871. The monoisotopic (exact) mass is 295 g/mol. The fourth-order valence-corrected chi connectivity index (χ4v) is 3.95. The van der Waals surface area contributed by atoms with Gasteiger partial charge in [0.15, 0.2) is 0 Å². The van der Waals surface area contributed by atoms with Crippen LogP contribution >= 0.6 is 11.3 Å². The van der Waals surface area contributed by atoms with Crippen LogP contribution in [0, 0.1) is 5.92 Å². The first-order chi connectivity index (χ1) is 9.76. The van der Waals surface area contributed by atoms with Gasteiger partial charge < -0.3 is 5.32 Å². The zero-order chi connectivity index (χ0) is 14.8. The predicted octanol–water partition coefficient (Wildman–Crippen LogP) is 5.96. The minimum Gasteiger partial charge on any atom is -0.309 e. The highest BCUT2D eigenvalue weighted by Gasteiger charge is 2.19. The van der Waals surface area contributed by atoms with Crippen LogP contribution < -0.4 is 5.32 Å². The molecule has 0 fully saturated rings. The number of aryl methyl sites for hydroxylation is 1. The summed E-state index contributed by atoms with van der Waals surface area (Å²) in [6.45, 7) is 10.3. The molecule has 0 radical (unpaired) electrons. The fourth-order valence-electron chi connectivity index (χ4n) is 2.86. The molecule has 0 spiro atoms. The lowest BCUT2D eigenvalue weighted by molar-refractivity contribution is 0.355. The van der Waals surface area contributed by atoms with Gasteiger partial charge in [-0.05, 0) is 48.7 Å². The molecule has 1 heterocycles. The van der Waals surface area contributed by atoms with E-state index in [9.17, 15) is 0 Å². The van der Waals surface area contributed by atoms with Crippen LogP contribution in [0.4, 0.5) is 0 Å². The minimum absolute atomic E-state index is 0.576. The Bertz CT molecular complexity index is 345. The summed E-state index contributed by atoms with van der Waals surface area (Å²) in [5.41, 5.74) is 1.55. The lowest BCUT2D eigenvalue weighted by atomic mass is 9.90. The second-order valence-corrected chi connectivity index (χ2v) is 6.77. The van der Waals surface area contributed by atoms with Gasteiger partial charge in [-0.3, -0.25) is 0 Å². The second-order valence-electron chi connectivity index (χ2n) is 5.82. The van der Waals surface area contributed by atoms with Crippen molar-refractivity contribution in [1.29, 1.82) is 0 Å². The van der Waals surface area contributed by atoms with E-state index in [1.165, 1.54) is 38.5 Å². The minimum atomic E-state index is 0.576. The Kier molecular flexibility index (Phi) is 9.21. The summed E-state index contributed by atoms with van der Waals surface area (Å²) in [5, 5.41) is 6.06. The van der Waals surface area contributed by atoms with Gasteiger partial charge in [0.2, 0.25) is 0 Å². The van der Waals surface area contributed by atoms with Gasteiger partial charge in [-0.2, -0.15) is 0 Å². The second kappa shape index (κ2) is 10.4. The zero-order valence-electron chi connectivity index (χ0n) is 13.9. The first kappa shape index (κ1) is 17.7. The van der Waals surface area contributed by atoms with E-state index in [1.807, 2.05) is 11.3 Å². The molecule has 1 N–H and O–H groups in total. The van der Waals surface area contributed by atoms with E-state index in [0.29, 0.717) is 6.04 Å². The van der Waals surface area contributed by atoms with E-state index in [4.69, 9.17) is 0 Å². The molecular formula is C18H33NS. The third kappa shape index (κ3) is 5.57. The van der Waals surface area contributed by atoms with Crippen molar-refractivity contribution < 1.29 is 0 Å². The van der Waals surface area contributed by atoms with Crippen LogP contribution in [0.5, 0.6) is 0 Å². The van der Waals surface area contributed by atoms with Crippen LogP contribution in [-0.2, 0) is 6.42 Å². The van der Waals surface area contributed by atoms with Crippen molar-refractivity contribution in [3.05, 3.63) is 21.9 Å². The van der Waals surface area contributed by atoms with Crippen molar-refractivity contribution in [3.8, 4) is 0 Å². The van der Waals surface area contributed by atoms with Crippen LogP contribution in [0.15, 0.2) is 11.4 Å². The molecule has 0 saturated heterocycles. The van der Waals surface area contributed by atoms with E-state index in [2.05, 4.69) is 44.5 Å². The molecule has 0 aliphatic heterocycles. The van der Waals surface area contributed by atoms with Crippen molar-refractivity contribution in [2.24, 2.45) is 5.92 Å². The summed E-state index contributed by atoms with van der Waals surface area (Å²) in [7, 11) is 0. The van der Waals surface area contributed by atoms with Crippen molar-refractivity contribution in [2.45, 2.75) is 78.7 Å². The number of hydrogen-bond donors (Lipinski definition) is 1. The van der Waals surface area contributed by atoms with E-state index in [0.717, 1.165) is 18.9 Å². The number of thiophene rings is 1. The van der Waals surface area contributed by atoms with Crippen LogP contribution in [0.2, 0.25) is 0 Å². The van der Waals surface area contributed by atoms with Crippen LogP contribution in [0.25, 0.3) is 0 Å². The van der Waals surface area contributed by atoms with Crippen molar-refractivity contribution in [1.82, 2.24) is 5.32 Å². The van der Waals surface area contributed by atoms with Gasteiger partial charge in [-0.15, -0.1) is 11.3 Å². The van der Waals surface area contributed by atoms with Crippen molar-refractivity contribution in [2.75, 3.05) is 6.54 Å². The Labute approximate surface area is 130 Å². The SMILES string of the molecule is CCCCC(CC)CC(NCCC)c1sccc1CC. The Morgan fingerprint density at radius 3 is 2.55 bits per heavy atom. The van der Waals surface area contributed by atoms with Gasteiger partial charge in [0.25, 0.3) is 0 Å². The highest BCUT2D eigenvalue weighted by Crippen LogP contribution is 2.32. The molecule has 1 aromatic rings. The molecular weight excluding hydrogens is 262 g/mol. The number of nitrogens with one attached hydrogen (secondary N) is 1. The first-order valence-corrected chi connectivity index (χ1v) is 9.44. The van der Waals surface area contributed by atoms with Crippen LogP contribution in [-0.4, -0.2) is 6.54 Å². The van der Waals surface area contributed by atoms with Gasteiger partial charge in [-0.25, -0.2) is 0 Å². The summed E-state index contributed by atoms with van der Waals surface area (Å²) in [6, 6.07) is 2.89. The molecule has 2 atom stereocenters. The van der Waals surface area contributed by atoms with Gasteiger partial charge >= 0.3 is 0 Å². The highest BCUT2D eigenvalue weighted by atomic mass is 32.1. The molecule has 0 amide bonds. The normalized spacial score (nSPS) is 14.4. The van der Waals surface area contributed by atoms with E-state index < -0.39 is 0 Å². The van der Waals surface area contributed by atoms with Gasteiger partial charge in [0.05, 0.1) is 0 Å². The Morgan fingerprint density at radius 1 is 1.15 bits per heavy atom. The Balaban J connectivity index is 2.72. The number of unbranched alkanes of at least 4 members (excludes halogenated alkanes) is 1. The standard InChI is InChI=1S/C18H33NS/c1-5-9-10-15(7-3)14-17(19-12-6-2)18-16(8-4)11-13-20-18/h11,13,15,17,19H,5-10,12,14H2,1-4H3. The van der Waals surface area contributed by atoms with Gasteiger partial charge in [0, 0.05) is 10.9 Å². The lowest BCUT2D eigenvalue weighted by Crippen LogP contribution is -2.24. The summed E-state index contributed by atoms with van der Waals surface area (Å²) >= 11 is 1.95. The summed E-state index contributed by atoms with van der Waals surface area (Å²) in [6.07, 6.45) is 9.10. The fraction of sp³-hybridized carbons (Fsp3) is 0.778. The van der Waals surface area contributed by atoms with Crippen molar-refractivity contribution in [3.63, 3.8) is 0 Å². The third-order valence-corrected chi connectivity index (χ3v) is 5.30. The Morgan fingerprint density at radius 2 is 1.95 bits per heavy atom. The summed E-state index contributed by atoms with van der Waals surface area (Å²) in [4.78, 5) is 1.59. The summed E-state index contributed by atoms with van der Waals surface area (Å²) < 4.78 is 0. The largest absolute Gasteiger partial charge is 0.309 e. The molecule has 1 aromatic heterocycles. The van der Waals surface area contributed by atoms with Crippen LogP contribution in [0.1, 0.15) is 82.7 Å². The van der Waals surface area contributed by atoms with Crippen LogP contribution in [0.3, 0.4) is 0 Å². The Hall–Kier alpha value is -0.340. The maximum absolute atomic E-state index is 3.80. The molecule has 0 aliphatic carbocycles. The smallest absolute Gasteiger partial charge is 0.0420 e. The van der Waals surface area contributed by atoms with E-state index in [1.54, 1.807) is 10.4 Å². The molecule has 0 bridgehead atoms. The van der Waals surface area contributed by atoms with Gasteiger partial charge in [0.1, 0.15) is 0 Å². The molecule has 2 heteroatoms. The molecule has 1 nitrogen and oxygen atoms in total. The van der Waals surface area contributed by atoms with Gasteiger partial charge in [-0.1, -0.05) is 53.4 Å². The molecule has 2 unspecified atom stereocenters. The zero-order valence-corrected chi connectivity index (χ0v) is 14.7. The topological polar surface area (TPSA) is 12.0 Å². The van der Waals surface area contributed by atoms with E-state index in [-0.39, 0.29) is 0 Å². The van der Waals surface area contributed by atoms with Crippen molar-refractivity contribution >= 4 is 11.3 Å². The average Bonchev–Trinajstić information content (AvgIpc) is 2.95. The molecule has 116 valence electrons. The quantitative estimate of drug-likeness (QED) is 0.531.